The standard InChI is InChI=1S/C13H13F3O/c14-13(15,16)11-6-4-9(5-7-11)10-2-1-3-12(17)8-10/h4-7,10H,1-3,8H2/t10-/m0/s1. The van der Waals surface area contributed by atoms with E-state index in [0.29, 0.717) is 12.8 Å². The first kappa shape index (κ1) is 12.1. The second-order valence-corrected chi connectivity index (χ2v) is 4.45. The van der Waals surface area contributed by atoms with Crippen molar-refractivity contribution in [3.05, 3.63) is 35.4 Å². The molecule has 1 aliphatic carbocycles. The van der Waals surface area contributed by atoms with Crippen LogP contribution >= 0.6 is 0 Å². The molecular formula is C13H13F3O. The Balaban J connectivity index is 2.15. The van der Waals surface area contributed by atoms with Gasteiger partial charge in [0.25, 0.3) is 0 Å². The fourth-order valence-corrected chi connectivity index (χ4v) is 2.25. The smallest absolute Gasteiger partial charge is 0.300 e. The quantitative estimate of drug-likeness (QED) is 0.729. The number of rotatable bonds is 1. The van der Waals surface area contributed by atoms with Gasteiger partial charge >= 0.3 is 6.18 Å². The first-order valence-electron chi connectivity index (χ1n) is 5.65. The fraction of sp³-hybridized carbons (Fsp3) is 0.462. The molecule has 1 fully saturated rings. The van der Waals surface area contributed by atoms with E-state index in [-0.39, 0.29) is 11.7 Å². The predicted octanol–water partition coefficient (Wildman–Crippen LogP) is 3.93. The molecule has 0 amide bonds. The average Bonchev–Trinajstić information content (AvgIpc) is 2.28. The third-order valence-corrected chi connectivity index (χ3v) is 3.19. The van der Waals surface area contributed by atoms with Gasteiger partial charge < -0.3 is 0 Å². The highest BCUT2D eigenvalue weighted by Crippen LogP contribution is 2.34. The largest absolute Gasteiger partial charge is 0.416 e. The molecule has 0 radical (unpaired) electrons. The molecule has 0 heterocycles. The van der Waals surface area contributed by atoms with Gasteiger partial charge in [0.2, 0.25) is 0 Å². The van der Waals surface area contributed by atoms with Gasteiger partial charge in [-0.3, -0.25) is 4.79 Å². The Kier molecular flexibility index (Phi) is 3.22. The molecule has 1 saturated carbocycles. The molecule has 17 heavy (non-hydrogen) atoms. The maximum atomic E-state index is 12.4. The molecular weight excluding hydrogens is 229 g/mol. The van der Waals surface area contributed by atoms with E-state index in [4.69, 9.17) is 0 Å². The van der Waals surface area contributed by atoms with Crippen molar-refractivity contribution in [2.45, 2.75) is 37.8 Å². The summed E-state index contributed by atoms with van der Waals surface area (Å²) in [5.74, 6) is 0.305. The lowest BCUT2D eigenvalue weighted by Gasteiger charge is -2.21. The van der Waals surface area contributed by atoms with Gasteiger partial charge in [-0.2, -0.15) is 13.2 Å². The summed E-state index contributed by atoms with van der Waals surface area (Å²) in [5, 5.41) is 0. The van der Waals surface area contributed by atoms with Gasteiger partial charge in [0.05, 0.1) is 5.56 Å². The van der Waals surface area contributed by atoms with E-state index >= 15 is 0 Å². The zero-order chi connectivity index (χ0) is 12.5. The Morgan fingerprint density at radius 3 is 2.29 bits per heavy atom. The second kappa shape index (κ2) is 4.51. The number of hydrogen-bond acceptors (Lipinski definition) is 1. The second-order valence-electron chi connectivity index (χ2n) is 4.45. The zero-order valence-electron chi connectivity index (χ0n) is 9.26. The van der Waals surface area contributed by atoms with Gasteiger partial charge in [-0.15, -0.1) is 0 Å². The summed E-state index contributed by atoms with van der Waals surface area (Å²) in [6.45, 7) is 0. The molecule has 0 spiro atoms. The molecule has 1 atom stereocenters. The van der Waals surface area contributed by atoms with Crippen molar-refractivity contribution in [3.63, 3.8) is 0 Å². The SMILES string of the molecule is O=C1CCC[C@H](c2ccc(C(F)(F)F)cc2)C1. The molecule has 0 bridgehead atoms. The molecule has 4 heteroatoms. The summed E-state index contributed by atoms with van der Waals surface area (Å²) in [5.41, 5.74) is 0.203. The van der Waals surface area contributed by atoms with Crippen molar-refractivity contribution < 1.29 is 18.0 Å². The number of alkyl halides is 3. The number of halogens is 3. The first-order valence-corrected chi connectivity index (χ1v) is 5.65. The number of hydrogen-bond donors (Lipinski definition) is 0. The number of benzene rings is 1. The molecule has 92 valence electrons. The Morgan fingerprint density at radius 2 is 1.76 bits per heavy atom. The minimum Gasteiger partial charge on any atom is -0.300 e. The highest BCUT2D eigenvalue weighted by molar-refractivity contribution is 5.80. The van der Waals surface area contributed by atoms with Crippen LogP contribution in [0.1, 0.15) is 42.7 Å². The number of ketones is 1. The zero-order valence-corrected chi connectivity index (χ0v) is 9.26. The van der Waals surface area contributed by atoms with Gasteiger partial charge in [0.1, 0.15) is 5.78 Å². The maximum absolute atomic E-state index is 12.4. The van der Waals surface area contributed by atoms with Gasteiger partial charge in [0.15, 0.2) is 0 Å². The van der Waals surface area contributed by atoms with E-state index < -0.39 is 11.7 Å². The highest BCUT2D eigenvalue weighted by Gasteiger charge is 2.30. The van der Waals surface area contributed by atoms with E-state index in [1.54, 1.807) is 0 Å². The lowest BCUT2D eigenvalue weighted by molar-refractivity contribution is -0.137. The van der Waals surface area contributed by atoms with Crippen LogP contribution in [0, 0.1) is 0 Å². The van der Waals surface area contributed by atoms with Crippen molar-refractivity contribution in [2.75, 3.05) is 0 Å². The molecule has 0 unspecified atom stereocenters. The topological polar surface area (TPSA) is 17.1 Å². The summed E-state index contributed by atoms with van der Waals surface area (Å²) >= 11 is 0. The Labute approximate surface area is 97.6 Å². The molecule has 1 aromatic rings. The van der Waals surface area contributed by atoms with Crippen molar-refractivity contribution in [2.24, 2.45) is 0 Å². The van der Waals surface area contributed by atoms with Crippen LogP contribution in [0.25, 0.3) is 0 Å². The van der Waals surface area contributed by atoms with Crippen LogP contribution in [-0.4, -0.2) is 5.78 Å². The molecule has 0 saturated heterocycles. The van der Waals surface area contributed by atoms with Gasteiger partial charge in [-0.05, 0) is 36.5 Å². The summed E-state index contributed by atoms with van der Waals surface area (Å²) in [6.07, 6.45) is -1.49. The molecule has 1 aliphatic rings. The van der Waals surface area contributed by atoms with Crippen molar-refractivity contribution in [1.82, 2.24) is 0 Å². The predicted molar refractivity (Wildman–Crippen MR) is 57.7 cm³/mol. The van der Waals surface area contributed by atoms with Crippen LogP contribution in [0.3, 0.4) is 0 Å². The Hall–Kier alpha value is -1.32. The minimum absolute atomic E-state index is 0.0959. The summed E-state index contributed by atoms with van der Waals surface area (Å²) in [7, 11) is 0. The van der Waals surface area contributed by atoms with E-state index in [9.17, 15) is 18.0 Å². The molecule has 0 aromatic heterocycles. The van der Waals surface area contributed by atoms with E-state index in [1.807, 2.05) is 0 Å². The summed E-state index contributed by atoms with van der Waals surface area (Å²) < 4.78 is 37.1. The van der Waals surface area contributed by atoms with Gasteiger partial charge in [-0.25, -0.2) is 0 Å². The number of Topliss-reactive ketones (excluding diaryl/α,β-unsaturated/α-hetero) is 1. The average molecular weight is 242 g/mol. The molecule has 0 aliphatic heterocycles. The molecule has 2 rings (SSSR count). The molecule has 0 N–H and O–H groups in total. The van der Waals surface area contributed by atoms with Crippen molar-refractivity contribution in [1.29, 1.82) is 0 Å². The first-order chi connectivity index (χ1) is 7.97. The highest BCUT2D eigenvalue weighted by atomic mass is 19.4. The van der Waals surface area contributed by atoms with Gasteiger partial charge in [0, 0.05) is 12.8 Å². The normalized spacial score (nSPS) is 21.6. The van der Waals surface area contributed by atoms with E-state index in [0.717, 1.165) is 30.5 Å². The molecule has 1 nitrogen and oxygen atoms in total. The Bertz CT molecular complexity index is 406. The van der Waals surface area contributed by atoms with Crippen LogP contribution in [0.2, 0.25) is 0 Å². The van der Waals surface area contributed by atoms with Crippen LogP contribution < -0.4 is 0 Å². The van der Waals surface area contributed by atoms with Crippen LogP contribution in [0.15, 0.2) is 24.3 Å². The maximum Gasteiger partial charge on any atom is 0.416 e. The Morgan fingerprint density at radius 1 is 1.12 bits per heavy atom. The van der Waals surface area contributed by atoms with Gasteiger partial charge in [-0.1, -0.05) is 12.1 Å². The van der Waals surface area contributed by atoms with Crippen molar-refractivity contribution >= 4 is 5.78 Å². The van der Waals surface area contributed by atoms with Crippen LogP contribution in [0.5, 0.6) is 0 Å². The third kappa shape index (κ3) is 2.87. The number of carbonyl (C=O) groups is 1. The minimum atomic E-state index is -4.29. The third-order valence-electron chi connectivity index (χ3n) is 3.19. The van der Waals surface area contributed by atoms with Crippen LogP contribution in [0.4, 0.5) is 13.2 Å². The lowest BCUT2D eigenvalue weighted by Crippen LogP contribution is -2.13. The molecule has 1 aromatic carbocycles. The fourth-order valence-electron chi connectivity index (χ4n) is 2.25. The summed E-state index contributed by atoms with van der Waals surface area (Å²) in [6, 6.07) is 5.17. The monoisotopic (exact) mass is 242 g/mol. The van der Waals surface area contributed by atoms with E-state index in [2.05, 4.69) is 0 Å². The van der Waals surface area contributed by atoms with E-state index in [1.165, 1.54) is 12.1 Å². The van der Waals surface area contributed by atoms with Crippen LogP contribution in [-0.2, 0) is 11.0 Å². The number of carbonyl (C=O) groups excluding carboxylic acids is 1. The van der Waals surface area contributed by atoms with Crippen molar-refractivity contribution in [3.8, 4) is 0 Å². The lowest BCUT2D eigenvalue weighted by atomic mass is 9.83. The summed E-state index contributed by atoms with van der Waals surface area (Å²) in [4.78, 5) is 11.3.